The first-order chi connectivity index (χ1) is 7.19. The van der Waals surface area contributed by atoms with E-state index in [-0.39, 0.29) is 11.9 Å². The van der Waals surface area contributed by atoms with Gasteiger partial charge in [-0.05, 0) is 32.4 Å². The van der Waals surface area contributed by atoms with Crippen LogP contribution in [0.4, 0.5) is 0 Å². The van der Waals surface area contributed by atoms with Crippen molar-refractivity contribution in [2.75, 3.05) is 19.6 Å². The second kappa shape index (κ2) is 6.08. The first-order valence-electron chi connectivity index (χ1n) is 5.95. The van der Waals surface area contributed by atoms with E-state index in [0.29, 0.717) is 0 Å². The zero-order valence-corrected chi connectivity index (χ0v) is 9.83. The van der Waals surface area contributed by atoms with E-state index < -0.39 is 0 Å². The SMILES string of the molecule is CCNC(CCN(CC)C1CC1)C(N)=O. The van der Waals surface area contributed by atoms with E-state index >= 15 is 0 Å². The number of nitrogens with two attached hydrogens (primary N) is 1. The van der Waals surface area contributed by atoms with Crippen molar-refractivity contribution >= 4 is 5.91 Å². The minimum atomic E-state index is -0.233. The highest BCUT2D eigenvalue weighted by Gasteiger charge is 2.28. The van der Waals surface area contributed by atoms with E-state index in [1.54, 1.807) is 0 Å². The van der Waals surface area contributed by atoms with Crippen molar-refractivity contribution in [3.05, 3.63) is 0 Å². The maximum Gasteiger partial charge on any atom is 0.234 e. The number of hydrogen-bond donors (Lipinski definition) is 2. The van der Waals surface area contributed by atoms with Gasteiger partial charge in [-0.1, -0.05) is 13.8 Å². The van der Waals surface area contributed by atoms with Crippen LogP contribution in [0.2, 0.25) is 0 Å². The van der Waals surface area contributed by atoms with Crippen molar-refractivity contribution in [1.82, 2.24) is 10.2 Å². The van der Waals surface area contributed by atoms with E-state index in [0.717, 1.165) is 32.1 Å². The van der Waals surface area contributed by atoms with Crippen molar-refractivity contribution in [2.45, 2.75) is 45.2 Å². The van der Waals surface area contributed by atoms with Gasteiger partial charge < -0.3 is 16.0 Å². The van der Waals surface area contributed by atoms with Gasteiger partial charge in [0.1, 0.15) is 0 Å². The highest BCUT2D eigenvalue weighted by molar-refractivity contribution is 5.79. The molecule has 1 amide bonds. The average Bonchev–Trinajstić information content (AvgIpc) is 3.00. The van der Waals surface area contributed by atoms with Crippen molar-refractivity contribution in [1.29, 1.82) is 0 Å². The van der Waals surface area contributed by atoms with E-state index in [9.17, 15) is 4.79 Å². The minimum Gasteiger partial charge on any atom is -0.368 e. The average molecular weight is 213 g/mol. The summed E-state index contributed by atoms with van der Waals surface area (Å²) >= 11 is 0. The van der Waals surface area contributed by atoms with Gasteiger partial charge in [0.25, 0.3) is 0 Å². The summed E-state index contributed by atoms with van der Waals surface area (Å²) in [5.41, 5.74) is 5.32. The number of rotatable bonds is 8. The van der Waals surface area contributed by atoms with Crippen LogP contribution in [0.1, 0.15) is 33.1 Å². The van der Waals surface area contributed by atoms with Crippen LogP contribution >= 0.6 is 0 Å². The lowest BCUT2D eigenvalue weighted by Gasteiger charge is -2.22. The van der Waals surface area contributed by atoms with Gasteiger partial charge in [0.05, 0.1) is 6.04 Å². The van der Waals surface area contributed by atoms with Crippen LogP contribution in [0, 0.1) is 0 Å². The molecule has 1 unspecified atom stereocenters. The molecule has 0 spiro atoms. The number of nitrogens with one attached hydrogen (secondary N) is 1. The van der Waals surface area contributed by atoms with Crippen molar-refractivity contribution in [3.8, 4) is 0 Å². The van der Waals surface area contributed by atoms with Crippen LogP contribution in [0.15, 0.2) is 0 Å². The summed E-state index contributed by atoms with van der Waals surface area (Å²) in [6.45, 7) is 7.01. The van der Waals surface area contributed by atoms with Crippen LogP contribution in [-0.2, 0) is 4.79 Å². The van der Waals surface area contributed by atoms with Gasteiger partial charge in [-0.25, -0.2) is 0 Å². The molecular weight excluding hydrogens is 190 g/mol. The Morgan fingerprint density at radius 1 is 1.53 bits per heavy atom. The van der Waals surface area contributed by atoms with E-state index in [2.05, 4.69) is 17.1 Å². The molecule has 0 heterocycles. The van der Waals surface area contributed by atoms with Crippen molar-refractivity contribution < 1.29 is 4.79 Å². The van der Waals surface area contributed by atoms with E-state index in [1.807, 2.05) is 6.92 Å². The number of likely N-dealkylation sites (N-methyl/N-ethyl adjacent to an activating group) is 1. The fraction of sp³-hybridized carbons (Fsp3) is 0.909. The number of primary amides is 1. The molecule has 1 fully saturated rings. The van der Waals surface area contributed by atoms with Gasteiger partial charge in [0, 0.05) is 12.6 Å². The van der Waals surface area contributed by atoms with Crippen LogP contribution in [0.25, 0.3) is 0 Å². The predicted molar refractivity (Wildman–Crippen MR) is 61.5 cm³/mol. The standard InChI is InChI=1S/C11H23N3O/c1-3-13-10(11(12)15)7-8-14(4-2)9-5-6-9/h9-10,13H,3-8H2,1-2H3,(H2,12,15). The maximum atomic E-state index is 11.1. The summed E-state index contributed by atoms with van der Waals surface area (Å²) in [5.74, 6) is -0.233. The molecule has 0 radical (unpaired) electrons. The number of carbonyl (C=O) groups is 1. The van der Waals surface area contributed by atoms with Gasteiger partial charge in [-0.15, -0.1) is 0 Å². The monoisotopic (exact) mass is 213 g/mol. The lowest BCUT2D eigenvalue weighted by molar-refractivity contribution is -0.120. The Morgan fingerprint density at radius 2 is 2.20 bits per heavy atom. The predicted octanol–water partition coefficient (Wildman–Crippen LogP) is 0.324. The number of amides is 1. The Labute approximate surface area is 92.2 Å². The summed E-state index contributed by atoms with van der Waals surface area (Å²) < 4.78 is 0. The Morgan fingerprint density at radius 3 is 2.60 bits per heavy atom. The summed E-state index contributed by atoms with van der Waals surface area (Å²) in [4.78, 5) is 13.6. The lowest BCUT2D eigenvalue weighted by Crippen LogP contribution is -2.43. The summed E-state index contributed by atoms with van der Waals surface area (Å²) in [6.07, 6.45) is 3.46. The molecule has 1 atom stereocenters. The first-order valence-corrected chi connectivity index (χ1v) is 5.95. The summed E-state index contributed by atoms with van der Waals surface area (Å²) in [7, 11) is 0. The van der Waals surface area contributed by atoms with Gasteiger partial charge in [-0.2, -0.15) is 0 Å². The normalized spacial score (nSPS) is 18.1. The summed E-state index contributed by atoms with van der Waals surface area (Å²) in [5, 5.41) is 3.12. The van der Waals surface area contributed by atoms with Crippen LogP contribution < -0.4 is 11.1 Å². The Balaban J connectivity index is 2.27. The first kappa shape index (κ1) is 12.5. The molecule has 1 saturated carbocycles. The number of nitrogens with zero attached hydrogens (tertiary/aromatic N) is 1. The van der Waals surface area contributed by atoms with Gasteiger partial charge >= 0.3 is 0 Å². The highest BCUT2D eigenvalue weighted by Crippen LogP contribution is 2.26. The molecule has 88 valence electrons. The molecule has 1 aliphatic rings. The fourth-order valence-electron chi connectivity index (χ4n) is 1.92. The van der Waals surface area contributed by atoms with Crippen LogP contribution in [0.5, 0.6) is 0 Å². The zero-order chi connectivity index (χ0) is 11.3. The summed E-state index contributed by atoms with van der Waals surface area (Å²) in [6, 6.07) is 0.605. The Kier molecular flexibility index (Phi) is 5.05. The molecule has 0 saturated heterocycles. The highest BCUT2D eigenvalue weighted by atomic mass is 16.1. The largest absolute Gasteiger partial charge is 0.368 e. The molecule has 0 aromatic rings. The van der Waals surface area contributed by atoms with Gasteiger partial charge in [-0.3, -0.25) is 4.79 Å². The molecule has 1 aliphatic carbocycles. The van der Waals surface area contributed by atoms with Gasteiger partial charge in [0.2, 0.25) is 5.91 Å². The molecule has 3 N–H and O–H groups in total. The van der Waals surface area contributed by atoms with Gasteiger partial charge in [0.15, 0.2) is 0 Å². The Bertz CT molecular complexity index is 204. The van der Waals surface area contributed by atoms with Crippen LogP contribution in [0.3, 0.4) is 0 Å². The molecule has 1 rings (SSSR count). The molecule has 0 aromatic heterocycles. The molecule has 0 aliphatic heterocycles. The third-order valence-corrected chi connectivity index (χ3v) is 2.97. The quantitative estimate of drug-likeness (QED) is 0.610. The smallest absolute Gasteiger partial charge is 0.234 e. The fourth-order valence-corrected chi connectivity index (χ4v) is 1.92. The Hall–Kier alpha value is -0.610. The van der Waals surface area contributed by atoms with E-state index in [1.165, 1.54) is 12.8 Å². The second-order valence-electron chi connectivity index (χ2n) is 4.16. The lowest BCUT2D eigenvalue weighted by atomic mass is 10.2. The number of hydrogen-bond acceptors (Lipinski definition) is 3. The minimum absolute atomic E-state index is 0.164. The zero-order valence-electron chi connectivity index (χ0n) is 9.83. The molecular formula is C11H23N3O. The number of carbonyl (C=O) groups excluding carboxylic acids is 1. The second-order valence-corrected chi connectivity index (χ2v) is 4.16. The third kappa shape index (κ3) is 4.18. The van der Waals surface area contributed by atoms with Crippen molar-refractivity contribution in [3.63, 3.8) is 0 Å². The molecule has 15 heavy (non-hydrogen) atoms. The maximum absolute atomic E-state index is 11.1. The van der Waals surface area contributed by atoms with Crippen molar-refractivity contribution in [2.24, 2.45) is 5.73 Å². The molecule has 4 nitrogen and oxygen atoms in total. The third-order valence-electron chi connectivity index (χ3n) is 2.97. The molecule has 0 aromatic carbocycles. The topological polar surface area (TPSA) is 58.4 Å². The molecule has 4 heteroatoms. The van der Waals surface area contributed by atoms with Crippen LogP contribution in [-0.4, -0.2) is 42.5 Å². The van der Waals surface area contributed by atoms with E-state index in [4.69, 9.17) is 5.73 Å². The molecule has 0 bridgehead atoms.